The third-order valence-electron chi connectivity index (χ3n) is 3.54. The van der Waals surface area contributed by atoms with Crippen LogP contribution in [-0.4, -0.2) is 26.4 Å². The molecule has 0 spiro atoms. The summed E-state index contributed by atoms with van der Waals surface area (Å²) < 4.78 is 16.6. The van der Waals surface area contributed by atoms with Gasteiger partial charge in [0.15, 0.2) is 11.5 Å². The first kappa shape index (κ1) is 12.2. The zero-order valence-electron chi connectivity index (χ0n) is 10.8. The molecule has 1 fully saturated rings. The van der Waals surface area contributed by atoms with Crippen molar-refractivity contribution in [2.24, 2.45) is 4.99 Å². The molecule has 1 saturated carbocycles. The second kappa shape index (κ2) is 4.68. The van der Waals surface area contributed by atoms with Gasteiger partial charge in [-0.25, -0.2) is 4.79 Å². The molecule has 0 unspecified atom stereocenters. The molecule has 0 N–H and O–H groups in total. The predicted octanol–water partition coefficient (Wildman–Crippen LogP) is 1.93. The van der Waals surface area contributed by atoms with E-state index in [0.717, 1.165) is 24.0 Å². The summed E-state index contributed by atoms with van der Waals surface area (Å²) in [7, 11) is 1.64. The fourth-order valence-corrected chi connectivity index (χ4v) is 2.57. The van der Waals surface area contributed by atoms with Gasteiger partial charge >= 0.3 is 0 Å². The Morgan fingerprint density at radius 2 is 2.16 bits per heavy atom. The zero-order chi connectivity index (χ0) is 13.3. The summed E-state index contributed by atoms with van der Waals surface area (Å²) in [6.45, 7) is 1.51. The standard InChI is InChI=1S/C14H15NO4/c1-17-8-10-2-3-11-13(19-7-6-18-11)12(10)14(4-5-14)15-9-16/h2-3H,4-8H2,1H3. The van der Waals surface area contributed by atoms with Gasteiger partial charge in [0.1, 0.15) is 18.8 Å². The van der Waals surface area contributed by atoms with Gasteiger partial charge in [0.05, 0.1) is 6.61 Å². The number of isocyanates is 1. The second-order valence-corrected chi connectivity index (χ2v) is 4.79. The lowest BCUT2D eigenvalue weighted by Crippen LogP contribution is -2.20. The molecule has 5 heteroatoms. The van der Waals surface area contributed by atoms with E-state index in [9.17, 15) is 4.79 Å². The number of methoxy groups -OCH3 is 1. The highest BCUT2D eigenvalue weighted by atomic mass is 16.6. The number of carbonyl (C=O) groups excluding carboxylic acids is 1. The average Bonchev–Trinajstić information content (AvgIpc) is 3.20. The minimum Gasteiger partial charge on any atom is -0.486 e. The molecular weight excluding hydrogens is 246 g/mol. The SMILES string of the molecule is COCc1ccc2c(c1C1(N=C=O)CC1)OCCO2. The number of aliphatic imine (C=N–C) groups is 1. The summed E-state index contributed by atoms with van der Waals surface area (Å²) in [5.41, 5.74) is 1.43. The molecule has 0 atom stereocenters. The van der Waals surface area contributed by atoms with Crippen molar-refractivity contribution in [1.29, 1.82) is 0 Å². The molecule has 100 valence electrons. The van der Waals surface area contributed by atoms with Gasteiger partial charge in [0.2, 0.25) is 6.08 Å². The summed E-state index contributed by atoms with van der Waals surface area (Å²) in [5, 5.41) is 0. The van der Waals surface area contributed by atoms with Gasteiger partial charge in [0, 0.05) is 12.7 Å². The third-order valence-corrected chi connectivity index (χ3v) is 3.54. The van der Waals surface area contributed by atoms with Crippen LogP contribution in [-0.2, 0) is 21.7 Å². The Kier molecular flexibility index (Phi) is 3.01. The van der Waals surface area contributed by atoms with E-state index in [1.807, 2.05) is 12.1 Å². The summed E-state index contributed by atoms with van der Waals surface area (Å²) >= 11 is 0. The normalized spacial score (nSPS) is 18.6. The third kappa shape index (κ3) is 2.01. The highest BCUT2D eigenvalue weighted by Gasteiger charge is 2.49. The van der Waals surface area contributed by atoms with Crippen LogP contribution in [0.15, 0.2) is 17.1 Å². The molecule has 1 aliphatic heterocycles. The van der Waals surface area contributed by atoms with Crippen molar-refractivity contribution in [1.82, 2.24) is 0 Å². The van der Waals surface area contributed by atoms with Gasteiger partial charge in [-0.05, 0) is 24.5 Å². The van der Waals surface area contributed by atoms with E-state index in [1.165, 1.54) is 0 Å². The number of hydrogen-bond donors (Lipinski definition) is 0. The van der Waals surface area contributed by atoms with E-state index in [2.05, 4.69) is 4.99 Å². The van der Waals surface area contributed by atoms with Crippen LogP contribution < -0.4 is 9.47 Å². The van der Waals surface area contributed by atoms with E-state index in [-0.39, 0.29) is 0 Å². The van der Waals surface area contributed by atoms with Crippen molar-refractivity contribution in [2.75, 3.05) is 20.3 Å². The van der Waals surface area contributed by atoms with Crippen LogP contribution >= 0.6 is 0 Å². The van der Waals surface area contributed by atoms with Crippen molar-refractivity contribution in [3.8, 4) is 11.5 Å². The summed E-state index contributed by atoms with van der Waals surface area (Å²) in [6, 6.07) is 3.83. The molecule has 3 rings (SSSR count). The van der Waals surface area contributed by atoms with Crippen LogP contribution in [0.2, 0.25) is 0 Å². The Morgan fingerprint density at radius 3 is 2.84 bits per heavy atom. The molecule has 2 aliphatic rings. The molecule has 1 heterocycles. The Labute approximate surface area is 111 Å². The molecular formula is C14H15NO4. The molecule has 5 nitrogen and oxygen atoms in total. The summed E-state index contributed by atoms with van der Waals surface area (Å²) in [5.74, 6) is 1.42. The summed E-state index contributed by atoms with van der Waals surface area (Å²) in [6.07, 6.45) is 3.35. The largest absolute Gasteiger partial charge is 0.486 e. The highest BCUT2D eigenvalue weighted by Crippen LogP contribution is 2.56. The number of nitrogens with zero attached hydrogens (tertiary/aromatic N) is 1. The van der Waals surface area contributed by atoms with E-state index in [1.54, 1.807) is 13.2 Å². The van der Waals surface area contributed by atoms with E-state index >= 15 is 0 Å². The zero-order valence-corrected chi connectivity index (χ0v) is 10.8. The van der Waals surface area contributed by atoms with Crippen molar-refractivity contribution >= 4 is 6.08 Å². The van der Waals surface area contributed by atoms with Gasteiger partial charge < -0.3 is 14.2 Å². The second-order valence-electron chi connectivity index (χ2n) is 4.79. The summed E-state index contributed by atoms with van der Waals surface area (Å²) in [4.78, 5) is 14.7. The van der Waals surface area contributed by atoms with Crippen LogP contribution in [0, 0.1) is 0 Å². The van der Waals surface area contributed by atoms with Gasteiger partial charge in [-0.15, -0.1) is 0 Å². The predicted molar refractivity (Wildman–Crippen MR) is 67.2 cm³/mol. The van der Waals surface area contributed by atoms with Crippen LogP contribution in [0.4, 0.5) is 0 Å². The van der Waals surface area contributed by atoms with Crippen molar-refractivity contribution in [3.63, 3.8) is 0 Å². The van der Waals surface area contributed by atoms with E-state index in [4.69, 9.17) is 14.2 Å². The maximum Gasteiger partial charge on any atom is 0.235 e. The van der Waals surface area contributed by atoms with Crippen LogP contribution in [0.3, 0.4) is 0 Å². The van der Waals surface area contributed by atoms with Crippen LogP contribution in [0.1, 0.15) is 24.0 Å². The van der Waals surface area contributed by atoms with Gasteiger partial charge in [-0.1, -0.05) is 6.07 Å². The number of benzene rings is 1. The Balaban J connectivity index is 2.15. The molecule has 0 saturated heterocycles. The maximum atomic E-state index is 10.7. The van der Waals surface area contributed by atoms with Crippen molar-refractivity contribution < 1.29 is 19.0 Å². The Morgan fingerprint density at radius 1 is 1.37 bits per heavy atom. The van der Waals surface area contributed by atoms with Gasteiger partial charge in [-0.2, -0.15) is 4.99 Å². The maximum absolute atomic E-state index is 10.7. The molecule has 1 aromatic carbocycles. The fraction of sp³-hybridized carbons (Fsp3) is 0.500. The molecule has 0 aromatic heterocycles. The minimum atomic E-state index is -0.484. The minimum absolute atomic E-state index is 0.460. The highest BCUT2D eigenvalue weighted by molar-refractivity contribution is 5.58. The first-order valence-corrected chi connectivity index (χ1v) is 6.31. The van der Waals surface area contributed by atoms with Crippen molar-refractivity contribution in [2.45, 2.75) is 25.0 Å². The monoisotopic (exact) mass is 261 g/mol. The molecule has 1 aliphatic carbocycles. The quantitative estimate of drug-likeness (QED) is 0.614. The fourth-order valence-electron chi connectivity index (χ4n) is 2.57. The Bertz CT molecular complexity index is 545. The lowest BCUT2D eigenvalue weighted by Gasteiger charge is -2.25. The van der Waals surface area contributed by atoms with Gasteiger partial charge in [-0.3, -0.25) is 0 Å². The first-order chi connectivity index (χ1) is 9.30. The smallest absolute Gasteiger partial charge is 0.235 e. The lowest BCUT2D eigenvalue weighted by atomic mass is 9.97. The number of hydrogen-bond acceptors (Lipinski definition) is 5. The van der Waals surface area contributed by atoms with E-state index in [0.29, 0.717) is 31.3 Å². The topological polar surface area (TPSA) is 57.1 Å². The molecule has 1 aromatic rings. The molecule has 19 heavy (non-hydrogen) atoms. The Hall–Kier alpha value is -1.84. The van der Waals surface area contributed by atoms with Crippen LogP contribution in [0.25, 0.3) is 0 Å². The van der Waals surface area contributed by atoms with E-state index < -0.39 is 5.54 Å². The van der Waals surface area contributed by atoms with Gasteiger partial charge in [0.25, 0.3) is 0 Å². The number of rotatable bonds is 4. The number of ether oxygens (including phenoxy) is 3. The molecule has 0 amide bonds. The molecule has 0 radical (unpaired) electrons. The molecule has 0 bridgehead atoms. The average molecular weight is 261 g/mol. The van der Waals surface area contributed by atoms with Crippen LogP contribution in [0.5, 0.6) is 11.5 Å². The number of fused-ring (bicyclic) bond motifs is 1. The first-order valence-electron chi connectivity index (χ1n) is 6.31. The van der Waals surface area contributed by atoms with Crippen molar-refractivity contribution in [3.05, 3.63) is 23.3 Å². The lowest BCUT2D eigenvalue weighted by molar-refractivity contribution is 0.163.